The highest BCUT2D eigenvalue weighted by molar-refractivity contribution is 5.94. The second-order valence-corrected chi connectivity index (χ2v) is 6.68. The van der Waals surface area contributed by atoms with E-state index in [-0.39, 0.29) is 17.6 Å². The smallest absolute Gasteiger partial charge is 0.312 e. The molecule has 0 bridgehead atoms. The van der Waals surface area contributed by atoms with Crippen LogP contribution in [0.25, 0.3) is 0 Å². The standard InChI is InChI=1S/C18H23N5O3/c1-12-10-19-8-9-21(12)18(24)16-6-4-15(5-7-16)11-22-14(3)17(23(25)26)13(2)20-22/h4-7,12,19H,8-11H2,1-3H3/t12-/m1/s1. The van der Waals surface area contributed by atoms with Crippen LogP contribution in [0.5, 0.6) is 0 Å². The Morgan fingerprint density at radius 1 is 1.35 bits per heavy atom. The molecule has 1 saturated heterocycles. The van der Waals surface area contributed by atoms with Crippen molar-refractivity contribution in [1.82, 2.24) is 20.0 Å². The van der Waals surface area contributed by atoms with Crippen LogP contribution < -0.4 is 5.32 Å². The summed E-state index contributed by atoms with van der Waals surface area (Å²) in [5.41, 5.74) is 2.59. The molecule has 1 aromatic heterocycles. The highest BCUT2D eigenvalue weighted by Gasteiger charge is 2.24. The first kappa shape index (κ1) is 18.1. The van der Waals surface area contributed by atoms with Gasteiger partial charge in [0, 0.05) is 31.2 Å². The zero-order valence-electron chi connectivity index (χ0n) is 15.2. The third kappa shape index (κ3) is 3.45. The monoisotopic (exact) mass is 357 g/mol. The van der Waals surface area contributed by atoms with E-state index in [4.69, 9.17) is 0 Å². The molecule has 0 spiro atoms. The molecule has 26 heavy (non-hydrogen) atoms. The van der Waals surface area contributed by atoms with Crippen molar-refractivity contribution in [2.45, 2.75) is 33.4 Å². The molecule has 0 unspecified atom stereocenters. The molecule has 8 nitrogen and oxygen atoms in total. The summed E-state index contributed by atoms with van der Waals surface area (Å²) >= 11 is 0. The fraction of sp³-hybridized carbons (Fsp3) is 0.444. The van der Waals surface area contributed by atoms with Crippen LogP contribution in [-0.4, -0.2) is 51.2 Å². The molecule has 1 amide bonds. The SMILES string of the molecule is Cc1nn(Cc2ccc(C(=O)N3CCNC[C@H]3C)cc2)c(C)c1[N+](=O)[O-]. The zero-order valence-corrected chi connectivity index (χ0v) is 15.2. The molecule has 1 atom stereocenters. The Bertz CT molecular complexity index is 828. The molecule has 2 aromatic rings. The van der Waals surface area contributed by atoms with Crippen LogP contribution in [0.1, 0.15) is 34.2 Å². The first-order valence-electron chi connectivity index (χ1n) is 8.67. The number of rotatable bonds is 4. The normalized spacial score (nSPS) is 17.3. The van der Waals surface area contributed by atoms with E-state index < -0.39 is 4.92 Å². The van der Waals surface area contributed by atoms with Crippen LogP contribution in [0, 0.1) is 24.0 Å². The number of hydrogen-bond donors (Lipinski definition) is 1. The van der Waals surface area contributed by atoms with Crippen molar-refractivity contribution in [2.24, 2.45) is 0 Å². The summed E-state index contributed by atoms with van der Waals surface area (Å²) in [6, 6.07) is 7.55. The Balaban J connectivity index is 1.75. The summed E-state index contributed by atoms with van der Waals surface area (Å²) in [6.07, 6.45) is 0. The minimum atomic E-state index is -0.398. The van der Waals surface area contributed by atoms with Gasteiger partial charge in [0.1, 0.15) is 11.4 Å². The highest BCUT2D eigenvalue weighted by atomic mass is 16.6. The largest absolute Gasteiger partial charge is 0.333 e. The molecule has 8 heteroatoms. The van der Waals surface area contributed by atoms with Gasteiger partial charge < -0.3 is 10.2 Å². The molecule has 3 rings (SSSR count). The molecule has 0 aliphatic carbocycles. The maximum Gasteiger partial charge on any atom is 0.312 e. The molecule has 0 radical (unpaired) electrons. The molecule has 138 valence electrons. The number of nitrogens with zero attached hydrogens (tertiary/aromatic N) is 4. The van der Waals surface area contributed by atoms with Crippen molar-refractivity contribution < 1.29 is 9.72 Å². The topological polar surface area (TPSA) is 93.3 Å². The Kier molecular flexibility index (Phi) is 5.03. The van der Waals surface area contributed by atoms with Crippen molar-refractivity contribution >= 4 is 11.6 Å². The third-order valence-electron chi connectivity index (χ3n) is 4.82. The second-order valence-electron chi connectivity index (χ2n) is 6.68. The van der Waals surface area contributed by atoms with Gasteiger partial charge in [0.2, 0.25) is 0 Å². The fourth-order valence-electron chi connectivity index (χ4n) is 3.34. The van der Waals surface area contributed by atoms with Crippen LogP contribution >= 0.6 is 0 Å². The molecule has 1 aromatic carbocycles. The van der Waals surface area contributed by atoms with E-state index >= 15 is 0 Å². The summed E-state index contributed by atoms with van der Waals surface area (Å²) < 4.78 is 1.63. The number of piperazine rings is 1. The Hall–Kier alpha value is -2.74. The van der Waals surface area contributed by atoms with Crippen LogP contribution in [0.4, 0.5) is 5.69 Å². The van der Waals surface area contributed by atoms with Gasteiger partial charge in [-0.3, -0.25) is 19.6 Å². The van der Waals surface area contributed by atoms with Gasteiger partial charge in [-0.05, 0) is 38.5 Å². The lowest BCUT2D eigenvalue weighted by Gasteiger charge is -2.34. The Morgan fingerprint density at radius 3 is 2.62 bits per heavy atom. The summed E-state index contributed by atoms with van der Waals surface area (Å²) in [7, 11) is 0. The number of amides is 1. The Labute approximate surface area is 151 Å². The lowest BCUT2D eigenvalue weighted by atomic mass is 10.1. The first-order chi connectivity index (χ1) is 12.4. The van der Waals surface area contributed by atoms with Crippen LogP contribution in [0.2, 0.25) is 0 Å². The summed E-state index contributed by atoms with van der Waals surface area (Å²) in [6.45, 7) is 8.12. The zero-order chi connectivity index (χ0) is 18.8. The van der Waals surface area contributed by atoms with E-state index in [9.17, 15) is 14.9 Å². The Morgan fingerprint density at radius 2 is 2.04 bits per heavy atom. The number of carbonyl (C=O) groups excluding carboxylic acids is 1. The van der Waals surface area contributed by atoms with Crippen molar-refractivity contribution in [2.75, 3.05) is 19.6 Å². The van der Waals surface area contributed by atoms with Crippen molar-refractivity contribution in [1.29, 1.82) is 0 Å². The average Bonchev–Trinajstić information content (AvgIpc) is 2.89. The molecular formula is C18H23N5O3. The van der Waals surface area contributed by atoms with E-state index in [1.165, 1.54) is 0 Å². The van der Waals surface area contributed by atoms with Crippen molar-refractivity contribution in [3.05, 3.63) is 56.9 Å². The van der Waals surface area contributed by atoms with Gasteiger partial charge in [-0.1, -0.05) is 12.1 Å². The second kappa shape index (κ2) is 7.25. The average molecular weight is 357 g/mol. The number of hydrogen-bond acceptors (Lipinski definition) is 5. The maximum absolute atomic E-state index is 12.7. The van der Waals surface area contributed by atoms with E-state index in [1.807, 2.05) is 36.1 Å². The molecule has 1 fully saturated rings. The molecule has 2 heterocycles. The van der Waals surface area contributed by atoms with Gasteiger partial charge in [-0.15, -0.1) is 0 Å². The maximum atomic E-state index is 12.7. The number of carbonyl (C=O) groups is 1. The van der Waals surface area contributed by atoms with Gasteiger partial charge >= 0.3 is 5.69 Å². The predicted molar refractivity (Wildman–Crippen MR) is 97.3 cm³/mol. The number of aryl methyl sites for hydroxylation is 1. The van der Waals surface area contributed by atoms with Crippen molar-refractivity contribution in [3.63, 3.8) is 0 Å². The lowest BCUT2D eigenvalue weighted by molar-refractivity contribution is -0.386. The molecular weight excluding hydrogens is 334 g/mol. The molecule has 1 aliphatic rings. The quantitative estimate of drug-likeness (QED) is 0.666. The fourth-order valence-corrected chi connectivity index (χ4v) is 3.34. The van der Waals surface area contributed by atoms with Gasteiger partial charge in [0.05, 0.1) is 11.5 Å². The third-order valence-corrected chi connectivity index (χ3v) is 4.82. The molecule has 1 N–H and O–H groups in total. The van der Waals surface area contributed by atoms with Gasteiger partial charge in [0.25, 0.3) is 5.91 Å². The van der Waals surface area contributed by atoms with Gasteiger partial charge in [-0.2, -0.15) is 5.10 Å². The number of nitro groups is 1. The molecule has 1 aliphatic heterocycles. The van der Waals surface area contributed by atoms with E-state index in [1.54, 1.807) is 18.5 Å². The number of aromatic nitrogens is 2. The number of nitrogens with one attached hydrogen (secondary N) is 1. The van der Waals surface area contributed by atoms with E-state index in [0.717, 1.165) is 18.7 Å². The predicted octanol–water partition coefficient (Wildman–Crippen LogP) is 1.89. The minimum Gasteiger partial charge on any atom is -0.333 e. The van der Waals surface area contributed by atoms with Crippen LogP contribution in [0.15, 0.2) is 24.3 Å². The van der Waals surface area contributed by atoms with E-state index in [2.05, 4.69) is 10.4 Å². The first-order valence-corrected chi connectivity index (χ1v) is 8.67. The van der Waals surface area contributed by atoms with Gasteiger partial charge in [-0.25, -0.2) is 0 Å². The number of benzene rings is 1. The summed E-state index contributed by atoms with van der Waals surface area (Å²) in [4.78, 5) is 25.3. The summed E-state index contributed by atoms with van der Waals surface area (Å²) in [5, 5.41) is 18.6. The van der Waals surface area contributed by atoms with Crippen LogP contribution in [-0.2, 0) is 6.54 Å². The minimum absolute atomic E-state index is 0.0345. The van der Waals surface area contributed by atoms with Crippen molar-refractivity contribution in [3.8, 4) is 0 Å². The molecule has 0 saturated carbocycles. The highest BCUT2D eigenvalue weighted by Crippen LogP contribution is 2.22. The lowest BCUT2D eigenvalue weighted by Crippen LogP contribution is -2.52. The van der Waals surface area contributed by atoms with E-state index in [0.29, 0.717) is 30.0 Å². The van der Waals surface area contributed by atoms with Crippen LogP contribution in [0.3, 0.4) is 0 Å². The summed E-state index contributed by atoms with van der Waals surface area (Å²) in [5.74, 6) is 0.0345. The van der Waals surface area contributed by atoms with Gasteiger partial charge in [0.15, 0.2) is 0 Å².